The number of rotatable bonds is 7. The normalized spacial score (nSPS) is 15.0. The fourth-order valence-electron chi connectivity index (χ4n) is 2.18. The molecule has 0 atom stereocenters. The minimum Gasteiger partial charge on any atom is -0.354 e. The number of nitrogens with zero attached hydrogens (tertiary/aromatic N) is 2. The van der Waals surface area contributed by atoms with Crippen LogP contribution in [0, 0.1) is 0 Å². The summed E-state index contributed by atoms with van der Waals surface area (Å²) in [5.74, 6) is 1.04. The molecule has 3 nitrogen and oxygen atoms in total. The Morgan fingerprint density at radius 2 is 2.21 bits per heavy atom. The second-order valence-electron chi connectivity index (χ2n) is 5.58. The van der Waals surface area contributed by atoms with Gasteiger partial charge in [0.05, 0.1) is 5.02 Å². The molecule has 0 aliphatic heterocycles. The second kappa shape index (κ2) is 6.58. The maximum Gasteiger partial charge on any atom is 0.129 e. The number of halogens is 1. The van der Waals surface area contributed by atoms with Crippen LogP contribution in [0.2, 0.25) is 5.02 Å². The molecule has 1 fully saturated rings. The first-order valence-electron chi connectivity index (χ1n) is 7.26. The highest BCUT2D eigenvalue weighted by atomic mass is 35.5. The van der Waals surface area contributed by atoms with Gasteiger partial charge in [0.15, 0.2) is 0 Å². The number of aromatic nitrogens is 1. The molecule has 1 aliphatic rings. The van der Waals surface area contributed by atoms with Crippen molar-refractivity contribution in [3.8, 4) is 0 Å². The lowest BCUT2D eigenvalue weighted by Gasteiger charge is -2.28. The Hall–Kier alpha value is -0.800. The van der Waals surface area contributed by atoms with Crippen LogP contribution in [0.5, 0.6) is 0 Å². The van der Waals surface area contributed by atoms with Gasteiger partial charge in [-0.15, -0.1) is 0 Å². The highest BCUT2D eigenvalue weighted by Crippen LogP contribution is 2.24. The third-order valence-corrected chi connectivity index (χ3v) is 3.80. The van der Waals surface area contributed by atoms with E-state index in [2.05, 4.69) is 42.0 Å². The van der Waals surface area contributed by atoms with E-state index in [1.165, 1.54) is 12.8 Å². The van der Waals surface area contributed by atoms with Crippen molar-refractivity contribution < 1.29 is 0 Å². The molecule has 1 N–H and O–H groups in total. The summed E-state index contributed by atoms with van der Waals surface area (Å²) in [6.07, 6.45) is 5.50. The number of nitrogens with one attached hydrogen (secondary N) is 1. The Kier molecular flexibility index (Phi) is 5.06. The van der Waals surface area contributed by atoms with E-state index in [-0.39, 0.29) is 0 Å². The highest BCUT2D eigenvalue weighted by Gasteiger charge is 2.21. The van der Waals surface area contributed by atoms with Crippen molar-refractivity contribution in [3.63, 3.8) is 0 Å². The SMILES string of the molecule is CCCN(c1cc(CNC2CC2)c(Cl)cn1)C(C)C. The topological polar surface area (TPSA) is 28.2 Å². The van der Waals surface area contributed by atoms with Crippen molar-refractivity contribution in [1.82, 2.24) is 10.3 Å². The monoisotopic (exact) mass is 281 g/mol. The summed E-state index contributed by atoms with van der Waals surface area (Å²) < 4.78 is 0. The van der Waals surface area contributed by atoms with Gasteiger partial charge in [0.1, 0.15) is 5.82 Å². The van der Waals surface area contributed by atoms with Gasteiger partial charge >= 0.3 is 0 Å². The number of hydrogen-bond acceptors (Lipinski definition) is 3. The van der Waals surface area contributed by atoms with Gasteiger partial charge in [0.25, 0.3) is 0 Å². The largest absolute Gasteiger partial charge is 0.354 e. The fraction of sp³-hybridized carbons (Fsp3) is 0.667. The van der Waals surface area contributed by atoms with E-state index in [4.69, 9.17) is 11.6 Å². The van der Waals surface area contributed by atoms with Crippen LogP contribution in [0.4, 0.5) is 5.82 Å². The molecule has 19 heavy (non-hydrogen) atoms. The molecule has 2 rings (SSSR count). The first-order valence-corrected chi connectivity index (χ1v) is 7.64. The number of anilines is 1. The Morgan fingerprint density at radius 3 is 2.79 bits per heavy atom. The van der Waals surface area contributed by atoms with E-state index in [9.17, 15) is 0 Å². The second-order valence-corrected chi connectivity index (χ2v) is 5.98. The van der Waals surface area contributed by atoms with Crippen molar-refractivity contribution in [2.24, 2.45) is 0 Å². The van der Waals surface area contributed by atoms with Gasteiger partial charge in [-0.25, -0.2) is 4.98 Å². The molecule has 1 aliphatic carbocycles. The zero-order valence-corrected chi connectivity index (χ0v) is 12.9. The first-order chi connectivity index (χ1) is 9.11. The summed E-state index contributed by atoms with van der Waals surface area (Å²) >= 11 is 6.24. The van der Waals surface area contributed by atoms with E-state index in [1.807, 2.05) is 0 Å². The zero-order valence-electron chi connectivity index (χ0n) is 12.1. The summed E-state index contributed by atoms with van der Waals surface area (Å²) in [4.78, 5) is 6.82. The molecular formula is C15H24ClN3. The molecule has 4 heteroatoms. The molecule has 0 spiro atoms. The third-order valence-electron chi connectivity index (χ3n) is 3.46. The molecule has 106 valence electrons. The minimum atomic E-state index is 0.456. The van der Waals surface area contributed by atoms with Crippen LogP contribution in [-0.2, 0) is 6.54 Å². The van der Waals surface area contributed by atoms with Crippen LogP contribution in [-0.4, -0.2) is 23.6 Å². The van der Waals surface area contributed by atoms with Crippen molar-refractivity contribution in [3.05, 3.63) is 22.8 Å². The molecule has 1 aromatic rings. The van der Waals surface area contributed by atoms with E-state index in [0.29, 0.717) is 12.1 Å². The van der Waals surface area contributed by atoms with Crippen LogP contribution < -0.4 is 10.2 Å². The van der Waals surface area contributed by atoms with Gasteiger partial charge in [-0.1, -0.05) is 18.5 Å². The predicted octanol–water partition coefficient (Wildman–Crippen LogP) is 3.61. The average Bonchev–Trinajstić information content (AvgIpc) is 3.19. The maximum absolute atomic E-state index is 6.24. The first kappa shape index (κ1) is 14.6. The van der Waals surface area contributed by atoms with Crippen molar-refractivity contribution in [2.75, 3.05) is 11.4 Å². The lowest BCUT2D eigenvalue weighted by atomic mass is 10.2. The fourth-order valence-corrected chi connectivity index (χ4v) is 2.35. The van der Waals surface area contributed by atoms with Crippen LogP contribution >= 0.6 is 11.6 Å². The minimum absolute atomic E-state index is 0.456. The van der Waals surface area contributed by atoms with Gasteiger partial charge in [0, 0.05) is 31.4 Å². The highest BCUT2D eigenvalue weighted by molar-refractivity contribution is 6.31. The summed E-state index contributed by atoms with van der Waals surface area (Å²) in [6, 6.07) is 3.29. The third kappa shape index (κ3) is 4.08. The molecule has 0 amide bonds. The molecule has 1 aromatic heterocycles. The number of hydrogen-bond donors (Lipinski definition) is 1. The van der Waals surface area contributed by atoms with Crippen LogP contribution in [0.3, 0.4) is 0 Å². The van der Waals surface area contributed by atoms with Gasteiger partial charge < -0.3 is 10.2 Å². The molecule has 0 aromatic carbocycles. The Bertz CT molecular complexity index is 416. The van der Waals surface area contributed by atoms with Crippen molar-refractivity contribution in [2.45, 2.75) is 58.7 Å². The smallest absolute Gasteiger partial charge is 0.129 e. The van der Waals surface area contributed by atoms with Gasteiger partial charge in [-0.3, -0.25) is 0 Å². The molecular weight excluding hydrogens is 258 g/mol. The molecule has 0 radical (unpaired) electrons. The Labute approximate surface area is 121 Å². The molecule has 0 unspecified atom stereocenters. The summed E-state index contributed by atoms with van der Waals surface area (Å²) in [5, 5.41) is 4.27. The summed E-state index contributed by atoms with van der Waals surface area (Å²) in [5.41, 5.74) is 1.15. The van der Waals surface area contributed by atoms with E-state index < -0.39 is 0 Å². The van der Waals surface area contributed by atoms with E-state index in [1.54, 1.807) is 6.20 Å². The lowest BCUT2D eigenvalue weighted by molar-refractivity contribution is 0.657. The molecule has 0 saturated heterocycles. The number of pyridine rings is 1. The van der Waals surface area contributed by atoms with Crippen LogP contribution in [0.15, 0.2) is 12.3 Å². The quantitative estimate of drug-likeness (QED) is 0.827. The average molecular weight is 282 g/mol. The summed E-state index contributed by atoms with van der Waals surface area (Å²) in [6.45, 7) is 8.47. The van der Waals surface area contributed by atoms with E-state index in [0.717, 1.165) is 35.9 Å². The van der Waals surface area contributed by atoms with Gasteiger partial charge in [0.2, 0.25) is 0 Å². The predicted molar refractivity (Wildman–Crippen MR) is 81.9 cm³/mol. The Morgan fingerprint density at radius 1 is 1.47 bits per heavy atom. The van der Waals surface area contributed by atoms with Crippen LogP contribution in [0.25, 0.3) is 0 Å². The standard InChI is InChI=1S/C15H24ClN3/c1-4-7-19(11(2)3)15-8-12(14(16)10-18-15)9-17-13-5-6-13/h8,10-11,13,17H,4-7,9H2,1-3H3. The van der Waals surface area contributed by atoms with Gasteiger partial charge in [-0.05, 0) is 44.7 Å². The van der Waals surface area contributed by atoms with Crippen molar-refractivity contribution in [1.29, 1.82) is 0 Å². The lowest BCUT2D eigenvalue weighted by Crippen LogP contribution is -2.32. The molecule has 0 bridgehead atoms. The Balaban J connectivity index is 2.12. The zero-order chi connectivity index (χ0) is 13.8. The molecule has 1 saturated carbocycles. The van der Waals surface area contributed by atoms with Crippen LogP contribution in [0.1, 0.15) is 45.6 Å². The van der Waals surface area contributed by atoms with E-state index >= 15 is 0 Å². The van der Waals surface area contributed by atoms with Gasteiger partial charge in [-0.2, -0.15) is 0 Å². The summed E-state index contributed by atoms with van der Waals surface area (Å²) in [7, 11) is 0. The molecule has 1 heterocycles. The van der Waals surface area contributed by atoms with Crippen molar-refractivity contribution >= 4 is 17.4 Å². The maximum atomic E-state index is 6.24.